The van der Waals surface area contributed by atoms with Crippen LogP contribution in [0.3, 0.4) is 0 Å². The Morgan fingerprint density at radius 3 is 1.54 bits per heavy atom. The predicted octanol–water partition coefficient (Wildman–Crippen LogP) is -4.87. The van der Waals surface area contributed by atoms with E-state index in [1.807, 2.05) is 6.07 Å². The Kier molecular flexibility index (Phi) is 11.1. The van der Waals surface area contributed by atoms with Crippen LogP contribution in [0.15, 0.2) is 66.7 Å². The van der Waals surface area contributed by atoms with Crippen LogP contribution in [-0.4, -0.2) is 5.11 Å². The molecule has 0 bridgehead atoms. The van der Waals surface area contributed by atoms with Gasteiger partial charge in [0.25, 0.3) is 0 Å². The van der Waals surface area contributed by atoms with Crippen LogP contribution in [-0.2, 0) is 5.60 Å². The Balaban J connectivity index is 0.00000169. The number of hydrogen-bond donors (Lipinski definition) is 1. The molecule has 1 N–H and O–H groups in total. The zero-order valence-electron chi connectivity index (χ0n) is 14.8. The molecule has 0 aliphatic carbocycles. The smallest absolute Gasteiger partial charge is 0.872 e. The van der Waals surface area contributed by atoms with Crippen molar-refractivity contribution in [3.8, 4) is 11.5 Å². The summed E-state index contributed by atoms with van der Waals surface area (Å²) in [7, 11) is 5.01. The monoisotopic (exact) mass is 524 g/mol. The third-order valence-electron chi connectivity index (χ3n) is 3.98. The molecule has 0 spiro atoms. The van der Waals surface area contributed by atoms with Crippen molar-refractivity contribution in [1.82, 2.24) is 0 Å². The summed E-state index contributed by atoms with van der Waals surface area (Å²) >= 11 is 0. The zero-order chi connectivity index (χ0) is 17.3. The first-order valence-electron chi connectivity index (χ1n) is 7.35. The second-order valence-electron chi connectivity index (χ2n) is 5.59. The van der Waals surface area contributed by atoms with E-state index in [1.54, 1.807) is 48.5 Å². The fourth-order valence-electron chi connectivity index (χ4n) is 2.80. The van der Waals surface area contributed by atoms with Gasteiger partial charge in [-0.1, -0.05) is 54.6 Å². The van der Waals surface area contributed by atoms with E-state index in [9.17, 15) is 15.3 Å². The van der Waals surface area contributed by atoms with Crippen molar-refractivity contribution in [3.05, 3.63) is 83.4 Å². The fraction of sp³-hybridized carbons (Fsp3) is 0.0526. The molecule has 0 aromatic heterocycles. The molecule has 0 aliphatic rings. The normalized spacial score (nSPS) is 10.6. The van der Waals surface area contributed by atoms with Crippen LogP contribution in [0.5, 0.6) is 11.5 Å². The van der Waals surface area contributed by atoms with Crippen molar-refractivity contribution in [2.75, 3.05) is 0 Å². The van der Waals surface area contributed by atoms with Crippen molar-refractivity contribution >= 4 is 29.1 Å². The first-order valence-corrected chi connectivity index (χ1v) is 8.50. The summed E-state index contributed by atoms with van der Waals surface area (Å²) in [6, 6.07) is 18.1. The summed E-state index contributed by atoms with van der Waals surface area (Å²) in [5.41, 5.74) is -1.01. The molecule has 0 heterocycles. The first kappa shape index (κ1) is 25.7. The summed E-state index contributed by atoms with van der Waals surface area (Å²) < 4.78 is 0. The zero-order valence-corrected chi connectivity index (χ0v) is 26.9. The topological polar surface area (TPSA) is 66.3 Å². The van der Waals surface area contributed by atoms with Crippen LogP contribution >= 0.6 is 18.5 Å². The Morgan fingerprint density at radius 1 is 0.692 bits per heavy atom. The summed E-state index contributed by atoms with van der Waals surface area (Å²) in [4.78, 5) is 0. The van der Waals surface area contributed by atoms with Crippen LogP contribution < -0.4 is 137 Å². The number of rotatable bonds is 3. The minimum atomic E-state index is -1.81. The van der Waals surface area contributed by atoms with E-state index >= 15 is 0 Å². The summed E-state index contributed by atoms with van der Waals surface area (Å²) in [6.45, 7) is 0. The van der Waals surface area contributed by atoms with Crippen molar-refractivity contribution in [3.63, 3.8) is 0 Å². The van der Waals surface area contributed by atoms with E-state index in [1.165, 1.54) is 12.1 Å². The molecule has 7 heteroatoms. The maximum absolute atomic E-state index is 12.5. The molecule has 3 nitrogen and oxygen atoms in total. The average Bonchev–Trinajstić information content (AvgIpc) is 2.59. The van der Waals surface area contributed by atoms with Crippen molar-refractivity contribution in [1.29, 1.82) is 0 Å². The van der Waals surface area contributed by atoms with Gasteiger partial charge in [0, 0.05) is 0 Å². The maximum atomic E-state index is 12.5. The molecule has 0 saturated heterocycles. The molecular weight excluding hydrogens is 509 g/mol. The standard InChI is InChI=1S/C19H18O3P2.2Rb/c20-17-8-6-13(23)10-15(17)19(22,12-4-2-1-3-5-12)16-11-14(24)7-9-18(16)21;;/h1-11,20-22H,23-24H2;;/q;2*+1/p-2. The second-order valence-corrected chi connectivity index (χ2v) is 6.92. The SMILES string of the molecule is [O-]c1ccc(P)cc1C(O)(c1ccccc1)c1cc(P)ccc1[O-].[Rb+].[Rb+]. The van der Waals surface area contributed by atoms with Gasteiger partial charge in [-0.3, -0.25) is 0 Å². The molecule has 0 aliphatic heterocycles. The third-order valence-corrected chi connectivity index (χ3v) is 4.70. The van der Waals surface area contributed by atoms with Crippen LogP contribution in [0.25, 0.3) is 0 Å². The van der Waals surface area contributed by atoms with Gasteiger partial charge in [0.15, 0.2) is 0 Å². The Labute approximate surface area is 256 Å². The van der Waals surface area contributed by atoms with E-state index in [4.69, 9.17) is 0 Å². The molecule has 3 rings (SSSR count). The fourth-order valence-corrected chi connectivity index (χ4v) is 3.32. The predicted molar refractivity (Wildman–Crippen MR) is 99.0 cm³/mol. The van der Waals surface area contributed by atoms with E-state index in [0.29, 0.717) is 5.56 Å². The minimum absolute atomic E-state index is 0. The molecular formula is C19H16O3P2Rb2. The van der Waals surface area contributed by atoms with E-state index in [-0.39, 0.29) is 139 Å². The molecule has 0 saturated carbocycles. The van der Waals surface area contributed by atoms with Gasteiger partial charge in [-0.05, 0) is 39.4 Å². The van der Waals surface area contributed by atoms with Crippen molar-refractivity contribution in [2.45, 2.75) is 5.60 Å². The first-order chi connectivity index (χ1) is 11.4. The largest absolute Gasteiger partial charge is 1.00 e. The Morgan fingerprint density at radius 2 is 1.12 bits per heavy atom. The molecule has 26 heavy (non-hydrogen) atoms. The summed E-state index contributed by atoms with van der Waals surface area (Å²) in [5.74, 6) is -0.637. The third kappa shape index (κ3) is 5.43. The minimum Gasteiger partial charge on any atom is -0.872 e. The molecule has 3 aromatic carbocycles. The molecule has 0 amide bonds. The van der Waals surface area contributed by atoms with Gasteiger partial charge in [0.2, 0.25) is 0 Å². The van der Waals surface area contributed by atoms with Gasteiger partial charge in [-0.2, -0.15) is 0 Å². The van der Waals surface area contributed by atoms with E-state index < -0.39 is 5.60 Å². The average molecular weight is 525 g/mol. The van der Waals surface area contributed by atoms with Crippen LogP contribution in [0, 0.1) is 0 Å². The number of hydrogen-bond acceptors (Lipinski definition) is 3. The van der Waals surface area contributed by atoms with Gasteiger partial charge in [0.1, 0.15) is 5.60 Å². The molecule has 2 atom stereocenters. The summed E-state index contributed by atoms with van der Waals surface area (Å²) in [6.07, 6.45) is 0. The molecule has 0 fully saturated rings. The number of aliphatic hydroxyl groups is 1. The number of benzene rings is 3. The molecule has 2 unspecified atom stereocenters. The van der Waals surface area contributed by atoms with Crippen LogP contribution in [0.1, 0.15) is 16.7 Å². The molecule has 3 aromatic rings. The van der Waals surface area contributed by atoms with Gasteiger partial charge in [-0.25, -0.2) is 0 Å². The van der Waals surface area contributed by atoms with Crippen LogP contribution in [0.4, 0.5) is 0 Å². The van der Waals surface area contributed by atoms with Crippen molar-refractivity contribution < 1.29 is 132 Å². The van der Waals surface area contributed by atoms with Gasteiger partial charge in [0.05, 0.1) is 0 Å². The Bertz CT molecular complexity index is 838. The van der Waals surface area contributed by atoms with E-state index in [2.05, 4.69) is 18.5 Å². The van der Waals surface area contributed by atoms with Gasteiger partial charge < -0.3 is 15.3 Å². The quantitative estimate of drug-likeness (QED) is 0.276. The van der Waals surface area contributed by atoms with Crippen LogP contribution in [0.2, 0.25) is 0 Å². The molecule has 0 radical (unpaired) electrons. The molecule has 122 valence electrons. The second kappa shape index (κ2) is 11.2. The van der Waals surface area contributed by atoms with Gasteiger partial charge >= 0.3 is 116 Å². The van der Waals surface area contributed by atoms with Gasteiger partial charge in [-0.15, -0.1) is 30.0 Å². The van der Waals surface area contributed by atoms with Crippen molar-refractivity contribution in [2.24, 2.45) is 0 Å². The Hall–Kier alpha value is 1.69. The summed E-state index contributed by atoms with van der Waals surface area (Å²) in [5, 5.41) is 38.1. The maximum Gasteiger partial charge on any atom is 1.00 e. The van der Waals surface area contributed by atoms with E-state index in [0.717, 1.165) is 10.6 Å².